The Morgan fingerprint density at radius 2 is 1.95 bits per heavy atom. The first-order valence-electron chi connectivity index (χ1n) is 6.22. The first-order chi connectivity index (χ1) is 9.63. The third kappa shape index (κ3) is 2.73. The third-order valence-corrected chi connectivity index (χ3v) is 4.51. The Kier molecular flexibility index (Phi) is 3.78. The van der Waals surface area contributed by atoms with E-state index in [9.17, 15) is 4.79 Å². The lowest BCUT2D eigenvalue weighted by Crippen LogP contribution is -2.12. The molecule has 0 atom stereocenters. The number of anilines is 1. The Morgan fingerprint density at radius 1 is 1.15 bits per heavy atom. The fourth-order valence-corrected chi connectivity index (χ4v) is 2.64. The number of hydrogen-bond donors (Lipinski definition) is 2. The lowest BCUT2D eigenvalue weighted by atomic mass is 10.1. The van der Waals surface area contributed by atoms with E-state index in [1.807, 2.05) is 30.3 Å². The largest absolute Gasteiger partial charge is 0.322 e. The zero-order chi connectivity index (χ0) is 14.1. The van der Waals surface area contributed by atoms with Crippen molar-refractivity contribution in [3.63, 3.8) is 0 Å². The van der Waals surface area contributed by atoms with Gasteiger partial charge >= 0.3 is 0 Å². The number of carbonyl (C=O) groups is 1. The lowest BCUT2D eigenvalue weighted by molar-refractivity contribution is 0.102. The van der Waals surface area contributed by atoms with Gasteiger partial charge in [-0.1, -0.05) is 17.7 Å². The molecular formula is C15H12BrClN2O. The van der Waals surface area contributed by atoms with Crippen LogP contribution in [0, 0.1) is 0 Å². The normalized spacial score (nSPS) is 13.1. The number of halogens is 2. The molecule has 3 nitrogen and oxygen atoms in total. The molecule has 1 amide bonds. The van der Waals surface area contributed by atoms with Crippen LogP contribution in [0.25, 0.3) is 0 Å². The van der Waals surface area contributed by atoms with E-state index in [-0.39, 0.29) is 5.91 Å². The Bertz CT molecular complexity index is 688. The number of fused-ring (bicyclic) bond motifs is 1. The molecule has 2 aromatic rings. The number of nitrogens with one attached hydrogen (secondary N) is 2. The van der Waals surface area contributed by atoms with Crippen LogP contribution in [0.15, 0.2) is 40.9 Å². The molecule has 0 fully saturated rings. The maximum Gasteiger partial charge on any atom is 0.255 e. The zero-order valence-corrected chi connectivity index (χ0v) is 12.9. The average Bonchev–Trinajstić information content (AvgIpc) is 2.90. The van der Waals surface area contributed by atoms with Gasteiger partial charge in [-0.3, -0.25) is 4.79 Å². The zero-order valence-electron chi connectivity index (χ0n) is 10.5. The van der Waals surface area contributed by atoms with E-state index in [2.05, 4.69) is 26.6 Å². The van der Waals surface area contributed by atoms with Crippen molar-refractivity contribution < 1.29 is 4.79 Å². The van der Waals surface area contributed by atoms with Crippen molar-refractivity contribution in [1.82, 2.24) is 5.32 Å². The van der Waals surface area contributed by atoms with Gasteiger partial charge in [-0.25, -0.2) is 0 Å². The molecular weight excluding hydrogens is 340 g/mol. The molecule has 2 N–H and O–H groups in total. The van der Waals surface area contributed by atoms with Crippen LogP contribution in [-0.2, 0) is 13.1 Å². The van der Waals surface area contributed by atoms with E-state index in [1.165, 1.54) is 11.1 Å². The summed E-state index contributed by atoms with van der Waals surface area (Å²) in [6, 6.07) is 11.1. The minimum atomic E-state index is -0.127. The van der Waals surface area contributed by atoms with E-state index in [0.717, 1.165) is 17.6 Å². The maximum absolute atomic E-state index is 12.2. The van der Waals surface area contributed by atoms with E-state index in [1.54, 1.807) is 6.07 Å². The molecule has 102 valence electrons. The lowest BCUT2D eigenvalue weighted by Gasteiger charge is -2.07. The minimum Gasteiger partial charge on any atom is -0.322 e. The van der Waals surface area contributed by atoms with Crippen LogP contribution in [0.1, 0.15) is 21.5 Å². The van der Waals surface area contributed by atoms with E-state index in [0.29, 0.717) is 16.3 Å². The second-order valence-electron chi connectivity index (χ2n) is 4.67. The summed E-state index contributed by atoms with van der Waals surface area (Å²) in [6.07, 6.45) is 0. The van der Waals surface area contributed by atoms with Crippen LogP contribution in [0.3, 0.4) is 0 Å². The van der Waals surface area contributed by atoms with E-state index >= 15 is 0 Å². The van der Waals surface area contributed by atoms with Crippen LogP contribution in [-0.4, -0.2) is 5.91 Å². The quantitative estimate of drug-likeness (QED) is 0.860. The predicted octanol–water partition coefficient (Wildman–Crippen LogP) is 3.96. The summed E-state index contributed by atoms with van der Waals surface area (Å²) in [7, 11) is 0. The molecule has 0 aromatic heterocycles. The minimum absolute atomic E-state index is 0.127. The monoisotopic (exact) mass is 350 g/mol. The molecule has 0 saturated heterocycles. The molecule has 0 unspecified atom stereocenters. The highest BCUT2D eigenvalue weighted by molar-refractivity contribution is 9.10. The van der Waals surface area contributed by atoms with Crippen LogP contribution >= 0.6 is 27.5 Å². The Hall–Kier alpha value is -1.36. The van der Waals surface area contributed by atoms with Gasteiger partial charge in [0.2, 0.25) is 0 Å². The van der Waals surface area contributed by atoms with Crippen molar-refractivity contribution >= 4 is 39.1 Å². The number of carbonyl (C=O) groups excluding carboxylic acids is 1. The highest BCUT2D eigenvalue weighted by Gasteiger charge is 2.13. The summed E-state index contributed by atoms with van der Waals surface area (Å²) < 4.78 is 0.806. The van der Waals surface area contributed by atoms with E-state index in [4.69, 9.17) is 11.6 Å². The van der Waals surface area contributed by atoms with Crippen molar-refractivity contribution in [3.8, 4) is 0 Å². The first kappa shape index (κ1) is 13.6. The van der Waals surface area contributed by atoms with Crippen molar-refractivity contribution in [2.24, 2.45) is 0 Å². The van der Waals surface area contributed by atoms with Crippen molar-refractivity contribution in [3.05, 3.63) is 62.6 Å². The van der Waals surface area contributed by atoms with Gasteiger partial charge in [0.05, 0.1) is 5.02 Å². The fraction of sp³-hybridized carbons (Fsp3) is 0.133. The SMILES string of the molecule is O=C(Nc1ccc(Br)c(Cl)c1)c1ccc2c(c1)CNC2. The molecule has 0 aliphatic carbocycles. The molecule has 1 heterocycles. The number of hydrogen-bond acceptors (Lipinski definition) is 2. The molecule has 0 bridgehead atoms. The Morgan fingerprint density at radius 3 is 2.75 bits per heavy atom. The molecule has 2 aromatic carbocycles. The van der Waals surface area contributed by atoms with E-state index < -0.39 is 0 Å². The van der Waals surface area contributed by atoms with Crippen molar-refractivity contribution in [2.75, 3.05) is 5.32 Å². The highest BCUT2D eigenvalue weighted by atomic mass is 79.9. The molecule has 3 rings (SSSR count). The summed E-state index contributed by atoms with van der Waals surface area (Å²) in [4.78, 5) is 12.2. The summed E-state index contributed by atoms with van der Waals surface area (Å²) >= 11 is 9.34. The third-order valence-electron chi connectivity index (χ3n) is 3.28. The van der Waals surface area contributed by atoms with Gasteiger partial charge < -0.3 is 10.6 Å². The summed E-state index contributed by atoms with van der Waals surface area (Å²) in [5.41, 5.74) is 3.79. The fourth-order valence-electron chi connectivity index (χ4n) is 2.21. The molecule has 1 aliphatic rings. The van der Waals surface area contributed by atoms with Crippen LogP contribution in [0.4, 0.5) is 5.69 Å². The molecule has 1 aliphatic heterocycles. The second kappa shape index (κ2) is 5.56. The highest BCUT2D eigenvalue weighted by Crippen LogP contribution is 2.26. The van der Waals surface area contributed by atoms with Crippen molar-refractivity contribution in [2.45, 2.75) is 13.1 Å². The maximum atomic E-state index is 12.2. The van der Waals surface area contributed by atoms with Gasteiger partial charge in [0.15, 0.2) is 0 Å². The summed E-state index contributed by atoms with van der Waals surface area (Å²) in [5, 5.41) is 6.69. The van der Waals surface area contributed by atoms with Gasteiger partial charge in [-0.2, -0.15) is 0 Å². The van der Waals surface area contributed by atoms with Crippen LogP contribution in [0.2, 0.25) is 5.02 Å². The molecule has 5 heteroatoms. The number of amides is 1. The summed E-state index contributed by atoms with van der Waals surface area (Å²) in [5.74, 6) is -0.127. The Balaban J connectivity index is 1.80. The van der Waals surface area contributed by atoms with Gasteiger partial charge in [0.25, 0.3) is 5.91 Å². The topological polar surface area (TPSA) is 41.1 Å². The molecule has 0 radical (unpaired) electrons. The first-order valence-corrected chi connectivity index (χ1v) is 7.39. The number of benzene rings is 2. The number of rotatable bonds is 2. The van der Waals surface area contributed by atoms with Crippen LogP contribution < -0.4 is 10.6 Å². The summed E-state index contributed by atoms with van der Waals surface area (Å²) in [6.45, 7) is 1.69. The smallest absolute Gasteiger partial charge is 0.255 e. The van der Waals surface area contributed by atoms with Gasteiger partial charge in [-0.05, 0) is 57.4 Å². The predicted molar refractivity (Wildman–Crippen MR) is 84.1 cm³/mol. The second-order valence-corrected chi connectivity index (χ2v) is 5.93. The average molecular weight is 352 g/mol. The van der Waals surface area contributed by atoms with Crippen molar-refractivity contribution in [1.29, 1.82) is 0 Å². The van der Waals surface area contributed by atoms with Gasteiger partial charge in [0.1, 0.15) is 0 Å². The molecule has 0 spiro atoms. The molecule has 20 heavy (non-hydrogen) atoms. The Labute approximate surface area is 130 Å². The standard InChI is InChI=1S/C15H12BrClN2O/c16-13-4-3-12(6-14(13)17)19-15(20)9-1-2-10-7-18-8-11(10)5-9/h1-6,18H,7-8H2,(H,19,20). The van der Waals surface area contributed by atoms with Crippen LogP contribution in [0.5, 0.6) is 0 Å². The van der Waals surface area contributed by atoms with Gasteiger partial charge in [-0.15, -0.1) is 0 Å². The van der Waals surface area contributed by atoms with Gasteiger partial charge in [0, 0.05) is 28.8 Å². The molecule has 0 saturated carbocycles.